The molecular formula is C14H24N2O3S. The zero-order valence-corrected chi connectivity index (χ0v) is 13.1. The van der Waals surface area contributed by atoms with Crippen LogP contribution in [0.4, 0.5) is 0 Å². The summed E-state index contributed by atoms with van der Waals surface area (Å²) in [5, 5.41) is 0. The maximum atomic E-state index is 12.2. The van der Waals surface area contributed by atoms with E-state index >= 15 is 0 Å². The summed E-state index contributed by atoms with van der Waals surface area (Å²) in [4.78, 5) is 14.1. The van der Waals surface area contributed by atoms with Crippen LogP contribution in [-0.2, 0) is 14.8 Å². The van der Waals surface area contributed by atoms with E-state index in [4.69, 9.17) is 0 Å². The van der Waals surface area contributed by atoms with Gasteiger partial charge in [-0.3, -0.25) is 4.79 Å². The van der Waals surface area contributed by atoms with Gasteiger partial charge in [-0.25, -0.2) is 12.7 Å². The third-order valence-corrected chi connectivity index (χ3v) is 5.75. The Morgan fingerprint density at radius 1 is 1.30 bits per heavy atom. The number of carbonyl (C=O) groups excluding carboxylic acids is 1. The van der Waals surface area contributed by atoms with Crippen molar-refractivity contribution in [2.24, 2.45) is 5.92 Å². The zero-order chi connectivity index (χ0) is 14.8. The highest BCUT2D eigenvalue weighted by atomic mass is 32.2. The predicted octanol–water partition coefficient (Wildman–Crippen LogP) is 1.23. The van der Waals surface area contributed by atoms with E-state index in [0.717, 1.165) is 25.7 Å². The fourth-order valence-corrected chi connectivity index (χ4v) is 3.72. The molecule has 0 saturated carbocycles. The van der Waals surface area contributed by atoms with Crippen LogP contribution in [0.15, 0.2) is 12.2 Å². The highest BCUT2D eigenvalue weighted by Crippen LogP contribution is 2.23. The van der Waals surface area contributed by atoms with Crippen molar-refractivity contribution in [1.29, 1.82) is 0 Å². The van der Waals surface area contributed by atoms with Crippen molar-refractivity contribution in [2.45, 2.75) is 38.1 Å². The Balaban J connectivity index is 1.81. The number of likely N-dealkylation sites (tertiary alicyclic amines) is 1. The van der Waals surface area contributed by atoms with Gasteiger partial charge in [0.1, 0.15) is 0 Å². The number of nitrogens with zero attached hydrogens (tertiary/aromatic N) is 2. The number of hydrogen-bond donors (Lipinski definition) is 0. The van der Waals surface area contributed by atoms with Crippen molar-refractivity contribution in [2.75, 3.05) is 26.4 Å². The molecule has 1 saturated heterocycles. The summed E-state index contributed by atoms with van der Waals surface area (Å²) >= 11 is 0. The van der Waals surface area contributed by atoms with E-state index in [1.54, 1.807) is 7.05 Å². The SMILES string of the molecule is CN(C1CCN(C(=O)CC2C=CCC2)CC1)S(C)(=O)=O. The number of sulfonamides is 1. The molecule has 1 amide bonds. The molecule has 0 N–H and O–H groups in total. The van der Waals surface area contributed by atoms with Gasteiger partial charge in [0.15, 0.2) is 0 Å². The smallest absolute Gasteiger partial charge is 0.223 e. The first-order valence-corrected chi connectivity index (χ1v) is 9.10. The van der Waals surface area contributed by atoms with Gasteiger partial charge >= 0.3 is 0 Å². The first-order chi connectivity index (χ1) is 9.38. The van der Waals surface area contributed by atoms with Crippen molar-refractivity contribution in [3.8, 4) is 0 Å². The molecule has 20 heavy (non-hydrogen) atoms. The number of allylic oxidation sites excluding steroid dienone is 2. The Morgan fingerprint density at radius 3 is 2.45 bits per heavy atom. The molecule has 0 aromatic carbocycles. The second-order valence-corrected chi connectivity index (χ2v) is 7.90. The van der Waals surface area contributed by atoms with Gasteiger partial charge in [-0.05, 0) is 31.6 Å². The molecule has 0 bridgehead atoms. The van der Waals surface area contributed by atoms with E-state index in [0.29, 0.717) is 25.4 Å². The molecule has 114 valence electrons. The molecule has 2 aliphatic rings. The lowest BCUT2D eigenvalue weighted by Crippen LogP contribution is -2.47. The lowest BCUT2D eigenvalue weighted by atomic mass is 10.0. The number of rotatable bonds is 4. The molecule has 5 nitrogen and oxygen atoms in total. The first-order valence-electron chi connectivity index (χ1n) is 7.25. The van der Waals surface area contributed by atoms with E-state index in [9.17, 15) is 13.2 Å². The van der Waals surface area contributed by atoms with E-state index in [-0.39, 0.29) is 11.9 Å². The van der Waals surface area contributed by atoms with Crippen molar-refractivity contribution < 1.29 is 13.2 Å². The molecule has 6 heteroatoms. The predicted molar refractivity (Wildman–Crippen MR) is 78.7 cm³/mol. The molecule has 2 rings (SSSR count). The molecule has 1 aliphatic heterocycles. The average molecular weight is 300 g/mol. The fourth-order valence-electron chi connectivity index (χ4n) is 2.97. The van der Waals surface area contributed by atoms with Gasteiger partial charge in [0.2, 0.25) is 15.9 Å². The Morgan fingerprint density at radius 2 is 1.95 bits per heavy atom. The third kappa shape index (κ3) is 3.82. The topological polar surface area (TPSA) is 57.7 Å². The Labute approximate surface area is 121 Å². The van der Waals surface area contributed by atoms with Crippen molar-refractivity contribution >= 4 is 15.9 Å². The highest BCUT2D eigenvalue weighted by molar-refractivity contribution is 7.88. The minimum atomic E-state index is -3.14. The number of hydrogen-bond acceptors (Lipinski definition) is 3. The summed E-state index contributed by atoms with van der Waals surface area (Å²) in [6.07, 6.45) is 9.75. The minimum Gasteiger partial charge on any atom is -0.343 e. The Hall–Kier alpha value is -0.880. The summed E-state index contributed by atoms with van der Waals surface area (Å²) in [5.74, 6) is 0.612. The van der Waals surface area contributed by atoms with Gasteiger partial charge in [-0.1, -0.05) is 12.2 Å². The normalized spacial score (nSPS) is 24.6. The monoisotopic (exact) mass is 300 g/mol. The number of amides is 1. The summed E-state index contributed by atoms with van der Waals surface area (Å²) in [6.45, 7) is 1.33. The molecule has 1 unspecified atom stereocenters. The summed E-state index contributed by atoms with van der Waals surface area (Å²) in [6, 6.07) is 0.0282. The van der Waals surface area contributed by atoms with Crippen LogP contribution < -0.4 is 0 Å². The third-order valence-electron chi connectivity index (χ3n) is 4.40. The van der Waals surface area contributed by atoms with Gasteiger partial charge < -0.3 is 4.90 Å². The average Bonchev–Trinajstić information content (AvgIpc) is 2.90. The van der Waals surface area contributed by atoms with Crippen LogP contribution in [0.5, 0.6) is 0 Å². The van der Waals surface area contributed by atoms with Crippen molar-refractivity contribution in [3.63, 3.8) is 0 Å². The number of carbonyl (C=O) groups is 1. The quantitative estimate of drug-likeness (QED) is 0.734. The summed E-state index contributed by atoms with van der Waals surface area (Å²) < 4.78 is 24.5. The maximum absolute atomic E-state index is 12.2. The second kappa shape index (κ2) is 6.26. The summed E-state index contributed by atoms with van der Waals surface area (Å²) in [5.41, 5.74) is 0. The van der Waals surface area contributed by atoms with Gasteiger partial charge in [0.05, 0.1) is 6.26 Å². The van der Waals surface area contributed by atoms with Gasteiger partial charge in [0.25, 0.3) is 0 Å². The number of piperidine rings is 1. The Bertz CT molecular complexity index is 479. The molecule has 1 aliphatic carbocycles. The molecule has 0 radical (unpaired) electrons. The lowest BCUT2D eigenvalue weighted by molar-refractivity contribution is -0.133. The largest absolute Gasteiger partial charge is 0.343 e. The van der Waals surface area contributed by atoms with E-state index in [1.807, 2.05) is 4.90 Å². The van der Waals surface area contributed by atoms with Crippen molar-refractivity contribution in [1.82, 2.24) is 9.21 Å². The van der Waals surface area contributed by atoms with Crippen LogP contribution in [-0.4, -0.2) is 56.0 Å². The van der Waals surface area contributed by atoms with Gasteiger partial charge in [0, 0.05) is 32.6 Å². The zero-order valence-electron chi connectivity index (χ0n) is 12.3. The molecule has 1 heterocycles. The molecular weight excluding hydrogens is 276 g/mol. The molecule has 0 aromatic heterocycles. The molecule has 0 aromatic rings. The van der Waals surface area contributed by atoms with Crippen molar-refractivity contribution in [3.05, 3.63) is 12.2 Å². The van der Waals surface area contributed by atoms with E-state index in [1.165, 1.54) is 10.6 Å². The minimum absolute atomic E-state index is 0.0282. The highest BCUT2D eigenvalue weighted by Gasteiger charge is 2.29. The van der Waals surface area contributed by atoms with Crippen LogP contribution in [0.1, 0.15) is 32.1 Å². The molecule has 0 spiro atoms. The fraction of sp³-hybridized carbons (Fsp3) is 0.786. The van der Waals surface area contributed by atoms with Crippen LogP contribution in [0.3, 0.4) is 0 Å². The van der Waals surface area contributed by atoms with Crippen LogP contribution in [0, 0.1) is 5.92 Å². The second-order valence-electron chi connectivity index (χ2n) is 5.86. The van der Waals surface area contributed by atoms with Gasteiger partial charge in [-0.15, -0.1) is 0 Å². The van der Waals surface area contributed by atoms with Crippen LogP contribution >= 0.6 is 0 Å². The first kappa shape index (κ1) is 15.5. The lowest BCUT2D eigenvalue weighted by Gasteiger charge is -2.36. The summed E-state index contributed by atoms with van der Waals surface area (Å²) in [7, 11) is -1.51. The van der Waals surface area contributed by atoms with E-state index < -0.39 is 10.0 Å². The Kier molecular flexibility index (Phi) is 4.86. The standard InChI is InChI=1S/C14H24N2O3S/c1-15(20(2,18)19)13-7-9-16(10-8-13)14(17)11-12-5-3-4-6-12/h3,5,12-13H,4,6-11H2,1-2H3. The van der Waals surface area contributed by atoms with Crippen LogP contribution in [0.25, 0.3) is 0 Å². The molecule has 1 fully saturated rings. The maximum Gasteiger partial charge on any atom is 0.223 e. The van der Waals surface area contributed by atoms with E-state index in [2.05, 4.69) is 12.2 Å². The molecule has 1 atom stereocenters. The van der Waals surface area contributed by atoms with Crippen LogP contribution in [0.2, 0.25) is 0 Å². The van der Waals surface area contributed by atoms with Gasteiger partial charge in [-0.2, -0.15) is 0 Å².